The molecule has 9 rings (SSSR count). The number of aromatic nitrogens is 4. The van der Waals surface area contributed by atoms with E-state index in [0.29, 0.717) is 79.4 Å². The van der Waals surface area contributed by atoms with Crippen molar-refractivity contribution < 1.29 is 26.3 Å². The van der Waals surface area contributed by atoms with Crippen molar-refractivity contribution >= 4 is 21.8 Å². The molecule has 6 nitrogen and oxygen atoms in total. The predicted molar refractivity (Wildman–Crippen MR) is 221 cm³/mol. The van der Waals surface area contributed by atoms with Crippen LogP contribution in [0.2, 0.25) is 0 Å². The second-order valence-electron chi connectivity index (χ2n) is 14.2. The first-order valence-electron chi connectivity index (χ1n) is 18.7. The summed E-state index contributed by atoms with van der Waals surface area (Å²) in [6, 6.07) is 46.7. The molecule has 7 aromatic carbocycles. The molecule has 294 valence electrons. The number of alkyl halides is 6. The summed E-state index contributed by atoms with van der Waals surface area (Å²) in [5.74, 6) is 0.889. The highest BCUT2D eigenvalue weighted by molar-refractivity contribution is 6.11. The molecule has 0 amide bonds. The normalized spacial score (nSPS) is 11.7. The lowest BCUT2D eigenvalue weighted by Gasteiger charge is -2.18. The van der Waals surface area contributed by atoms with E-state index in [0.717, 1.165) is 10.8 Å². The summed E-state index contributed by atoms with van der Waals surface area (Å²) in [5.41, 5.74) is 2.32. The van der Waals surface area contributed by atoms with Gasteiger partial charge in [0.15, 0.2) is 17.5 Å². The van der Waals surface area contributed by atoms with Crippen molar-refractivity contribution in [2.75, 3.05) is 0 Å². The smallest absolute Gasteiger partial charge is 0.308 e. The van der Waals surface area contributed by atoms with E-state index in [1.165, 1.54) is 12.1 Å². The Hall–Kier alpha value is -8.09. The first kappa shape index (κ1) is 38.4. The van der Waals surface area contributed by atoms with E-state index >= 15 is 0 Å². The Balaban J connectivity index is 1.35. The van der Waals surface area contributed by atoms with Gasteiger partial charge in [-0.05, 0) is 89.0 Å². The molecule has 0 aliphatic heterocycles. The Morgan fingerprint density at radius 3 is 1.48 bits per heavy atom. The Morgan fingerprint density at radius 2 is 0.902 bits per heavy atom. The maximum absolute atomic E-state index is 14.2. The maximum Gasteiger partial charge on any atom is 0.416 e. The molecule has 0 N–H and O–H groups in total. The van der Waals surface area contributed by atoms with Crippen LogP contribution in [-0.2, 0) is 12.4 Å². The van der Waals surface area contributed by atoms with Crippen molar-refractivity contribution in [1.29, 1.82) is 10.5 Å². The average molecular weight is 813 g/mol. The third-order valence-electron chi connectivity index (χ3n) is 10.3. The van der Waals surface area contributed by atoms with Crippen molar-refractivity contribution in [3.8, 4) is 74.2 Å². The van der Waals surface area contributed by atoms with Gasteiger partial charge in [-0.2, -0.15) is 36.9 Å². The lowest BCUT2D eigenvalue weighted by atomic mass is 9.97. The van der Waals surface area contributed by atoms with Gasteiger partial charge in [-0.25, -0.2) is 15.0 Å². The summed E-state index contributed by atoms with van der Waals surface area (Å²) in [6.07, 6.45) is -10.1. The van der Waals surface area contributed by atoms with E-state index in [-0.39, 0.29) is 23.0 Å². The average Bonchev–Trinajstić information content (AvgIpc) is 3.62. The number of hydrogen-bond donors (Lipinski definition) is 0. The summed E-state index contributed by atoms with van der Waals surface area (Å²) < 4.78 is 86.8. The minimum absolute atomic E-state index is 0.0795. The van der Waals surface area contributed by atoms with Crippen molar-refractivity contribution in [2.45, 2.75) is 12.4 Å². The minimum Gasteiger partial charge on any atom is -0.308 e. The standard InChI is InChI=1S/C49H26F6N6/c50-48(51,52)37-22-36(23-38(26-37)49(53,54)55)34-15-17-40(47-59-45(31-9-3-1-4-10-31)58-46(60-47)32-11-5-2-6-12-32)44(25-34)61-42-14-8-7-13-39(42)41-24-33(16-18-43(41)61)35-20-29(27-56)19-30(21-35)28-57/h1-26H. The zero-order chi connectivity index (χ0) is 42.5. The fourth-order valence-electron chi connectivity index (χ4n) is 7.47. The van der Waals surface area contributed by atoms with Crippen LogP contribution < -0.4 is 0 Å². The highest BCUT2D eigenvalue weighted by Crippen LogP contribution is 2.42. The van der Waals surface area contributed by atoms with Gasteiger partial charge in [-0.15, -0.1) is 0 Å². The third-order valence-corrected chi connectivity index (χ3v) is 10.3. The number of halogens is 6. The first-order valence-corrected chi connectivity index (χ1v) is 18.7. The molecule has 0 atom stereocenters. The quantitative estimate of drug-likeness (QED) is 0.156. The van der Waals surface area contributed by atoms with Gasteiger partial charge in [0, 0.05) is 27.5 Å². The van der Waals surface area contributed by atoms with Crippen LogP contribution in [-0.4, -0.2) is 19.5 Å². The molecule has 0 aliphatic rings. The molecule has 9 aromatic rings. The zero-order valence-electron chi connectivity index (χ0n) is 31.5. The molecular weight excluding hydrogens is 787 g/mol. The largest absolute Gasteiger partial charge is 0.416 e. The van der Waals surface area contributed by atoms with Crippen LogP contribution in [0, 0.1) is 22.7 Å². The molecule has 0 saturated heterocycles. The number of para-hydroxylation sites is 1. The van der Waals surface area contributed by atoms with Crippen LogP contribution in [0.3, 0.4) is 0 Å². The van der Waals surface area contributed by atoms with Gasteiger partial charge in [-0.1, -0.05) is 91.0 Å². The van der Waals surface area contributed by atoms with Crippen LogP contribution >= 0.6 is 0 Å². The molecular formula is C49H26F6N6. The second-order valence-corrected chi connectivity index (χ2v) is 14.2. The predicted octanol–water partition coefficient (Wildman–Crippen LogP) is 13.1. The Morgan fingerprint density at radius 1 is 0.410 bits per heavy atom. The Bertz CT molecular complexity index is 3130. The van der Waals surface area contributed by atoms with E-state index in [1.807, 2.05) is 108 Å². The molecule has 0 fully saturated rings. The highest BCUT2D eigenvalue weighted by atomic mass is 19.4. The molecule has 0 spiro atoms. The third kappa shape index (κ3) is 7.32. The molecule has 2 heterocycles. The van der Waals surface area contributed by atoms with Gasteiger partial charge in [0.1, 0.15) is 0 Å². The topological polar surface area (TPSA) is 91.2 Å². The lowest BCUT2D eigenvalue weighted by Crippen LogP contribution is -2.11. The Kier molecular flexibility index (Phi) is 9.41. The molecule has 0 saturated carbocycles. The van der Waals surface area contributed by atoms with Crippen LogP contribution in [0.5, 0.6) is 0 Å². The van der Waals surface area contributed by atoms with Crippen LogP contribution in [0.25, 0.3) is 83.9 Å². The molecule has 61 heavy (non-hydrogen) atoms. The van der Waals surface area contributed by atoms with Crippen LogP contribution in [0.15, 0.2) is 158 Å². The molecule has 0 bridgehead atoms. The van der Waals surface area contributed by atoms with E-state index in [4.69, 9.17) is 15.0 Å². The number of rotatable bonds is 6. The van der Waals surface area contributed by atoms with Gasteiger partial charge in [0.2, 0.25) is 0 Å². The summed E-state index contributed by atoms with van der Waals surface area (Å²) in [4.78, 5) is 14.7. The van der Waals surface area contributed by atoms with E-state index in [2.05, 4.69) is 12.1 Å². The van der Waals surface area contributed by atoms with E-state index < -0.39 is 23.5 Å². The summed E-state index contributed by atoms with van der Waals surface area (Å²) in [7, 11) is 0. The maximum atomic E-state index is 14.2. The molecule has 0 aliphatic carbocycles. The molecule has 2 aromatic heterocycles. The minimum atomic E-state index is -5.06. The van der Waals surface area contributed by atoms with Gasteiger partial charge < -0.3 is 4.57 Å². The summed E-state index contributed by atoms with van der Waals surface area (Å²) >= 11 is 0. The Labute approximate surface area is 343 Å². The fraction of sp³-hybridized carbons (Fsp3) is 0.0408. The van der Waals surface area contributed by atoms with Gasteiger partial charge in [0.05, 0.1) is 51.1 Å². The number of nitrogens with zero attached hydrogens (tertiary/aromatic N) is 6. The monoisotopic (exact) mass is 812 g/mol. The SMILES string of the molecule is N#Cc1cc(C#N)cc(-c2ccc3c(c2)c2ccccc2n3-c2cc(-c3cc(C(F)(F)F)cc(C(F)(F)F)c3)ccc2-c2nc(-c3ccccc3)nc(-c3ccccc3)n2)c1. The molecule has 12 heteroatoms. The van der Waals surface area contributed by atoms with Gasteiger partial charge in [-0.3, -0.25) is 0 Å². The second kappa shape index (κ2) is 14.9. The van der Waals surface area contributed by atoms with E-state index in [1.54, 1.807) is 24.3 Å². The van der Waals surface area contributed by atoms with Crippen molar-refractivity contribution in [3.05, 3.63) is 180 Å². The van der Waals surface area contributed by atoms with Crippen molar-refractivity contribution in [3.63, 3.8) is 0 Å². The number of nitriles is 2. The van der Waals surface area contributed by atoms with Gasteiger partial charge >= 0.3 is 12.4 Å². The van der Waals surface area contributed by atoms with Crippen molar-refractivity contribution in [1.82, 2.24) is 19.5 Å². The van der Waals surface area contributed by atoms with Crippen LogP contribution in [0.4, 0.5) is 26.3 Å². The highest BCUT2D eigenvalue weighted by Gasteiger charge is 2.37. The first-order chi connectivity index (χ1) is 29.4. The summed E-state index contributed by atoms with van der Waals surface area (Å²) in [5, 5.41) is 20.9. The van der Waals surface area contributed by atoms with Gasteiger partial charge in [0.25, 0.3) is 0 Å². The fourth-order valence-corrected chi connectivity index (χ4v) is 7.47. The number of hydrogen-bond acceptors (Lipinski definition) is 5. The molecule has 0 unspecified atom stereocenters. The van der Waals surface area contributed by atoms with Crippen molar-refractivity contribution in [2.24, 2.45) is 0 Å². The number of benzene rings is 7. The van der Waals surface area contributed by atoms with E-state index in [9.17, 15) is 36.9 Å². The van der Waals surface area contributed by atoms with Crippen LogP contribution in [0.1, 0.15) is 22.3 Å². The summed E-state index contributed by atoms with van der Waals surface area (Å²) in [6.45, 7) is 0. The molecule has 0 radical (unpaired) electrons. The number of fused-ring (bicyclic) bond motifs is 3. The lowest BCUT2D eigenvalue weighted by molar-refractivity contribution is -0.143. The zero-order valence-corrected chi connectivity index (χ0v) is 31.5.